The van der Waals surface area contributed by atoms with Gasteiger partial charge in [-0.2, -0.15) is 4.31 Å². The molecular formula is C24H37N3O4S. The van der Waals surface area contributed by atoms with E-state index in [1.807, 2.05) is 11.9 Å². The Morgan fingerprint density at radius 2 is 1.56 bits per heavy atom. The van der Waals surface area contributed by atoms with Crippen molar-refractivity contribution < 1.29 is 18.0 Å². The molecular weight excluding hydrogens is 426 g/mol. The standard InChI is InChI=1S/C24H37N3O4S/c1-3-4-15-25(2)23(28)21-13-18-26(19-14-21)24(29)20-9-11-22(12-10-20)32(30,31)27-16-7-5-6-8-17-27/h9-12,21H,3-8,13-19H2,1-2H3. The molecule has 0 aromatic heterocycles. The molecule has 2 heterocycles. The van der Waals surface area contributed by atoms with E-state index in [9.17, 15) is 18.0 Å². The Morgan fingerprint density at radius 1 is 0.969 bits per heavy atom. The number of likely N-dealkylation sites (tertiary alicyclic amines) is 1. The van der Waals surface area contributed by atoms with Crippen LogP contribution < -0.4 is 0 Å². The second-order valence-electron chi connectivity index (χ2n) is 9.02. The highest BCUT2D eigenvalue weighted by atomic mass is 32.2. The van der Waals surface area contributed by atoms with E-state index in [2.05, 4.69) is 6.92 Å². The molecule has 0 spiro atoms. The molecule has 32 heavy (non-hydrogen) atoms. The van der Waals surface area contributed by atoms with Gasteiger partial charge in [-0.1, -0.05) is 26.2 Å². The summed E-state index contributed by atoms with van der Waals surface area (Å²) >= 11 is 0. The molecule has 0 bridgehead atoms. The van der Waals surface area contributed by atoms with E-state index in [-0.39, 0.29) is 22.6 Å². The van der Waals surface area contributed by atoms with Gasteiger partial charge < -0.3 is 9.80 Å². The van der Waals surface area contributed by atoms with Gasteiger partial charge in [0.15, 0.2) is 0 Å². The Hall–Kier alpha value is -1.93. The lowest BCUT2D eigenvalue weighted by atomic mass is 9.95. The molecule has 0 aliphatic carbocycles. The minimum atomic E-state index is -3.52. The smallest absolute Gasteiger partial charge is 0.253 e. The molecule has 2 amide bonds. The molecule has 0 radical (unpaired) electrons. The van der Waals surface area contributed by atoms with Gasteiger partial charge in [0.25, 0.3) is 5.91 Å². The number of sulfonamides is 1. The molecule has 0 atom stereocenters. The van der Waals surface area contributed by atoms with Crippen molar-refractivity contribution in [2.75, 3.05) is 39.8 Å². The summed E-state index contributed by atoms with van der Waals surface area (Å²) in [7, 11) is -1.66. The molecule has 2 aliphatic rings. The number of rotatable bonds is 7. The first-order valence-corrected chi connectivity index (χ1v) is 13.4. The third-order valence-electron chi connectivity index (χ3n) is 6.66. The molecule has 2 fully saturated rings. The van der Waals surface area contributed by atoms with Gasteiger partial charge in [0, 0.05) is 51.3 Å². The third-order valence-corrected chi connectivity index (χ3v) is 8.57. The maximum Gasteiger partial charge on any atom is 0.253 e. The molecule has 0 saturated carbocycles. The van der Waals surface area contributed by atoms with Crippen LogP contribution in [0.4, 0.5) is 0 Å². The summed E-state index contributed by atoms with van der Waals surface area (Å²) in [6, 6.07) is 6.32. The largest absolute Gasteiger partial charge is 0.346 e. The normalized spacial score (nSPS) is 18.9. The predicted octanol–water partition coefficient (Wildman–Crippen LogP) is 3.36. The van der Waals surface area contributed by atoms with Crippen LogP contribution in [0.25, 0.3) is 0 Å². The fourth-order valence-electron chi connectivity index (χ4n) is 4.53. The van der Waals surface area contributed by atoms with E-state index < -0.39 is 10.0 Å². The lowest BCUT2D eigenvalue weighted by molar-refractivity contribution is -0.135. The van der Waals surface area contributed by atoms with Gasteiger partial charge in [0.1, 0.15) is 0 Å². The van der Waals surface area contributed by atoms with Crippen molar-refractivity contribution >= 4 is 21.8 Å². The minimum Gasteiger partial charge on any atom is -0.346 e. The monoisotopic (exact) mass is 463 g/mol. The zero-order chi connectivity index (χ0) is 23.1. The van der Waals surface area contributed by atoms with Crippen LogP contribution in [0, 0.1) is 5.92 Å². The summed E-state index contributed by atoms with van der Waals surface area (Å²) in [6.07, 6.45) is 7.31. The summed E-state index contributed by atoms with van der Waals surface area (Å²) in [4.78, 5) is 29.4. The van der Waals surface area contributed by atoms with Crippen LogP contribution >= 0.6 is 0 Å². The molecule has 8 heteroatoms. The van der Waals surface area contributed by atoms with E-state index in [4.69, 9.17) is 0 Å². The molecule has 178 valence electrons. The zero-order valence-electron chi connectivity index (χ0n) is 19.5. The van der Waals surface area contributed by atoms with Crippen molar-refractivity contribution in [3.63, 3.8) is 0 Å². The number of hydrogen-bond acceptors (Lipinski definition) is 4. The molecule has 1 aromatic rings. The van der Waals surface area contributed by atoms with Crippen LogP contribution in [0.15, 0.2) is 29.2 Å². The SMILES string of the molecule is CCCCN(C)C(=O)C1CCN(C(=O)c2ccc(S(=O)(=O)N3CCCCCC3)cc2)CC1. The average Bonchev–Trinajstić information content (AvgIpc) is 3.12. The van der Waals surface area contributed by atoms with Crippen molar-refractivity contribution in [2.24, 2.45) is 5.92 Å². The van der Waals surface area contributed by atoms with Crippen LogP contribution in [0.3, 0.4) is 0 Å². The van der Waals surface area contributed by atoms with Crippen LogP contribution in [0.2, 0.25) is 0 Å². The van der Waals surface area contributed by atoms with Crippen LogP contribution in [-0.4, -0.2) is 74.1 Å². The van der Waals surface area contributed by atoms with E-state index in [0.29, 0.717) is 44.6 Å². The number of unbranched alkanes of at least 4 members (excludes halogenated alkanes) is 1. The van der Waals surface area contributed by atoms with Crippen molar-refractivity contribution in [3.05, 3.63) is 29.8 Å². The van der Waals surface area contributed by atoms with Crippen molar-refractivity contribution in [1.82, 2.24) is 14.1 Å². The highest BCUT2D eigenvalue weighted by molar-refractivity contribution is 7.89. The molecule has 7 nitrogen and oxygen atoms in total. The van der Waals surface area contributed by atoms with Crippen LogP contribution in [0.5, 0.6) is 0 Å². The summed E-state index contributed by atoms with van der Waals surface area (Å²) < 4.78 is 27.4. The van der Waals surface area contributed by atoms with Crippen molar-refractivity contribution in [3.8, 4) is 0 Å². The summed E-state index contributed by atoms with van der Waals surface area (Å²) in [6.45, 7) is 5.10. The second kappa shape index (κ2) is 11.3. The van der Waals surface area contributed by atoms with E-state index in [0.717, 1.165) is 45.1 Å². The topological polar surface area (TPSA) is 78.0 Å². The molecule has 0 N–H and O–H groups in total. The Kier molecular flexibility index (Phi) is 8.71. The van der Waals surface area contributed by atoms with Gasteiger partial charge in [0.05, 0.1) is 4.90 Å². The van der Waals surface area contributed by atoms with Gasteiger partial charge in [-0.15, -0.1) is 0 Å². The summed E-state index contributed by atoms with van der Waals surface area (Å²) in [5, 5.41) is 0. The quantitative estimate of drug-likeness (QED) is 0.621. The van der Waals surface area contributed by atoms with Gasteiger partial charge in [-0.25, -0.2) is 8.42 Å². The Morgan fingerprint density at radius 3 is 2.12 bits per heavy atom. The highest BCUT2D eigenvalue weighted by Crippen LogP contribution is 2.23. The number of carbonyl (C=O) groups excluding carboxylic acids is 2. The number of nitrogens with zero attached hydrogens (tertiary/aromatic N) is 3. The number of carbonyl (C=O) groups is 2. The first-order chi connectivity index (χ1) is 15.3. The fraction of sp³-hybridized carbons (Fsp3) is 0.667. The maximum absolute atomic E-state index is 12.9. The second-order valence-corrected chi connectivity index (χ2v) is 11.0. The Bertz CT molecular complexity index is 869. The maximum atomic E-state index is 12.9. The molecule has 0 unspecified atom stereocenters. The van der Waals surface area contributed by atoms with Gasteiger partial charge in [-0.05, 0) is 56.4 Å². The number of amides is 2. The average molecular weight is 464 g/mol. The zero-order valence-corrected chi connectivity index (χ0v) is 20.3. The van der Waals surface area contributed by atoms with Gasteiger partial charge >= 0.3 is 0 Å². The Balaban J connectivity index is 1.58. The van der Waals surface area contributed by atoms with E-state index in [1.54, 1.807) is 33.5 Å². The van der Waals surface area contributed by atoms with Gasteiger partial charge in [-0.3, -0.25) is 9.59 Å². The highest BCUT2D eigenvalue weighted by Gasteiger charge is 2.30. The van der Waals surface area contributed by atoms with Crippen LogP contribution in [0.1, 0.15) is 68.6 Å². The minimum absolute atomic E-state index is 0.0259. The lowest BCUT2D eigenvalue weighted by Gasteiger charge is -2.33. The third kappa shape index (κ3) is 5.90. The van der Waals surface area contributed by atoms with Crippen LogP contribution in [-0.2, 0) is 14.8 Å². The van der Waals surface area contributed by atoms with E-state index in [1.165, 1.54) is 0 Å². The number of piperidine rings is 1. The predicted molar refractivity (Wildman–Crippen MR) is 125 cm³/mol. The van der Waals surface area contributed by atoms with E-state index >= 15 is 0 Å². The Labute approximate surface area is 192 Å². The lowest BCUT2D eigenvalue weighted by Crippen LogP contribution is -2.43. The molecule has 1 aromatic carbocycles. The van der Waals surface area contributed by atoms with Crippen molar-refractivity contribution in [1.29, 1.82) is 0 Å². The summed E-state index contributed by atoms with van der Waals surface area (Å²) in [5.41, 5.74) is 0.490. The van der Waals surface area contributed by atoms with Gasteiger partial charge in [0.2, 0.25) is 15.9 Å². The number of hydrogen-bond donors (Lipinski definition) is 0. The first-order valence-electron chi connectivity index (χ1n) is 12.0. The van der Waals surface area contributed by atoms with Crippen molar-refractivity contribution in [2.45, 2.75) is 63.2 Å². The molecule has 3 rings (SSSR count). The number of benzene rings is 1. The fourth-order valence-corrected chi connectivity index (χ4v) is 6.05. The summed E-state index contributed by atoms with van der Waals surface area (Å²) in [5.74, 6) is 0.0460. The molecule has 2 saturated heterocycles. The first kappa shape index (κ1) is 24.7. The molecule has 2 aliphatic heterocycles.